The summed E-state index contributed by atoms with van der Waals surface area (Å²) in [5.41, 5.74) is 4.24. The molecule has 5 heteroatoms. The average molecular weight is 403 g/mol. The third-order valence-corrected chi connectivity index (χ3v) is 6.15. The second kappa shape index (κ2) is 8.44. The fourth-order valence-corrected chi connectivity index (χ4v) is 4.53. The Labute approximate surface area is 178 Å². The summed E-state index contributed by atoms with van der Waals surface area (Å²) < 4.78 is 1.96. The molecule has 1 unspecified atom stereocenters. The van der Waals surface area contributed by atoms with Crippen LogP contribution in [0, 0.1) is 0 Å². The lowest BCUT2D eigenvalue weighted by atomic mass is 9.90. The van der Waals surface area contributed by atoms with Gasteiger partial charge in [-0.3, -0.25) is 14.4 Å². The van der Waals surface area contributed by atoms with Crippen molar-refractivity contribution in [2.24, 2.45) is 0 Å². The van der Waals surface area contributed by atoms with Crippen molar-refractivity contribution < 1.29 is 4.79 Å². The zero-order valence-electron chi connectivity index (χ0n) is 18.1. The van der Waals surface area contributed by atoms with Gasteiger partial charge in [0.25, 0.3) is 5.91 Å². The first-order valence-electron chi connectivity index (χ1n) is 10.6. The predicted molar refractivity (Wildman–Crippen MR) is 122 cm³/mol. The molecule has 0 saturated carbocycles. The van der Waals surface area contributed by atoms with Crippen molar-refractivity contribution >= 4 is 16.7 Å². The van der Waals surface area contributed by atoms with Crippen LogP contribution in [0.25, 0.3) is 10.8 Å². The second-order valence-electron chi connectivity index (χ2n) is 8.39. The van der Waals surface area contributed by atoms with Gasteiger partial charge in [0.15, 0.2) is 5.69 Å². The minimum absolute atomic E-state index is 0.0218. The van der Waals surface area contributed by atoms with Gasteiger partial charge in [0.2, 0.25) is 0 Å². The van der Waals surface area contributed by atoms with E-state index in [0.29, 0.717) is 18.3 Å². The first kappa shape index (κ1) is 20.4. The van der Waals surface area contributed by atoms with E-state index in [1.165, 1.54) is 22.0 Å². The number of hydrogen-bond donors (Lipinski definition) is 0. The van der Waals surface area contributed by atoms with Crippen LogP contribution >= 0.6 is 0 Å². The first-order chi connectivity index (χ1) is 14.5. The molecule has 0 radical (unpaired) electrons. The van der Waals surface area contributed by atoms with E-state index >= 15 is 0 Å². The SMILES string of the molecule is C=CCn1nc(C(=O)N(C)C)c2c1CCC(N(C)Cc1cccc3ccccc13)C2. The molecule has 156 valence electrons. The van der Waals surface area contributed by atoms with Gasteiger partial charge in [-0.05, 0) is 42.6 Å². The molecule has 1 heterocycles. The van der Waals surface area contributed by atoms with Crippen molar-refractivity contribution in [2.75, 3.05) is 21.1 Å². The number of benzene rings is 2. The summed E-state index contributed by atoms with van der Waals surface area (Å²) in [7, 11) is 5.77. The van der Waals surface area contributed by atoms with Gasteiger partial charge < -0.3 is 4.90 Å². The fraction of sp³-hybridized carbons (Fsp3) is 0.360. The highest BCUT2D eigenvalue weighted by Crippen LogP contribution is 2.29. The molecule has 1 aliphatic rings. The average Bonchev–Trinajstić information content (AvgIpc) is 3.11. The van der Waals surface area contributed by atoms with Gasteiger partial charge in [0, 0.05) is 37.9 Å². The Morgan fingerprint density at radius 1 is 1.20 bits per heavy atom. The van der Waals surface area contributed by atoms with E-state index in [1.54, 1.807) is 19.0 Å². The fourth-order valence-electron chi connectivity index (χ4n) is 4.53. The Balaban J connectivity index is 1.60. The summed E-state index contributed by atoms with van der Waals surface area (Å²) in [6.45, 7) is 5.37. The topological polar surface area (TPSA) is 41.4 Å². The van der Waals surface area contributed by atoms with Crippen LogP contribution in [0.5, 0.6) is 0 Å². The number of nitrogens with zero attached hydrogens (tertiary/aromatic N) is 4. The van der Waals surface area contributed by atoms with Crippen molar-refractivity contribution in [2.45, 2.75) is 38.4 Å². The summed E-state index contributed by atoms with van der Waals surface area (Å²) in [4.78, 5) is 16.8. The van der Waals surface area contributed by atoms with Crippen molar-refractivity contribution in [3.63, 3.8) is 0 Å². The van der Waals surface area contributed by atoms with E-state index < -0.39 is 0 Å². The summed E-state index contributed by atoms with van der Waals surface area (Å²) >= 11 is 0. The van der Waals surface area contributed by atoms with Gasteiger partial charge in [-0.15, -0.1) is 6.58 Å². The van der Waals surface area contributed by atoms with E-state index in [-0.39, 0.29) is 5.91 Å². The van der Waals surface area contributed by atoms with E-state index in [0.717, 1.165) is 31.4 Å². The van der Waals surface area contributed by atoms with Gasteiger partial charge in [-0.1, -0.05) is 48.5 Å². The maximum atomic E-state index is 12.8. The first-order valence-corrected chi connectivity index (χ1v) is 10.6. The largest absolute Gasteiger partial charge is 0.343 e. The van der Waals surface area contributed by atoms with E-state index in [2.05, 4.69) is 66.1 Å². The van der Waals surface area contributed by atoms with Gasteiger partial charge in [-0.25, -0.2) is 0 Å². The molecule has 2 aromatic carbocycles. The molecule has 0 N–H and O–H groups in total. The molecule has 0 fully saturated rings. The van der Waals surface area contributed by atoms with Crippen LogP contribution in [0.2, 0.25) is 0 Å². The zero-order chi connectivity index (χ0) is 21.3. The predicted octanol–water partition coefficient (Wildman–Crippen LogP) is 3.91. The monoisotopic (exact) mass is 402 g/mol. The van der Waals surface area contributed by atoms with Crippen LogP contribution < -0.4 is 0 Å². The Morgan fingerprint density at radius 2 is 1.97 bits per heavy atom. The zero-order valence-corrected chi connectivity index (χ0v) is 18.1. The number of rotatable bonds is 6. The van der Waals surface area contributed by atoms with Crippen molar-refractivity contribution in [3.8, 4) is 0 Å². The summed E-state index contributed by atoms with van der Waals surface area (Å²) in [5.74, 6) is -0.0218. The molecule has 0 spiro atoms. The molecule has 1 amide bonds. The Bertz CT molecular complexity index is 1080. The van der Waals surface area contributed by atoms with Crippen molar-refractivity contribution in [1.29, 1.82) is 0 Å². The normalized spacial score (nSPS) is 15.9. The highest BCUT2D eigenvalue weighted by atomic mass is 16.2. The lowest BCUT2D eigenvalue weighted by Crippen LogP contribution is -2.37. The van der Waals surface area contributed by atoms with Crippen LogP contribution in [0.1, 0.15) is 33.7 Å². The number of fused-ring (bicyclic) bond motifs is 2. The molecular weight excluding hydrogens is 372 g/mol. The van der Waals surface area contributed by atoms with E-state index in [9.17, 15) is 4.79 Å². The maximum absolute atomic E-state index is 12.8. The van der Waals surface area contributed by atoms with Crippen LogP contribution in [0.4, 0.5) is 0 Å². The molecule has 4 rings (SSSR count). The smallest absolute Gasteiger partial charge is 0.274 e. The van der Waals surface area contributed by atoms with Gasteiger partial charge >= 0.3 is 0 Å². The standard InChI is InChI=1S/C25H30N4O/c1-5-15-29-23-14-13-20(16-22(23)24(26-29)25(30)27(2)3)28(4)17-19-11-8-10-18-9-6-7-12-21(18)19/h5-12,20H,1,13-17H2,2-4H3. The molecule has 0 saturated heterocycles. The number of aromatic nitrogens is 2. The quantitative estimate of drug-likeness (QED) is 0.587. The number of carbonyl (C=O) groups excluding carboxylic acids is 1. The highest BCUT2D eigenvalue weighted by Gasteiger charge is 2.31. The van der Waals surface area contributed by atoms with E-state index in [1.807, 2.05) is 10.8 Å². The lowest BCUT2D eigenvalue weighted by molar-refractivity contribution is 0.0819. The van der Waals surface area contributed by atoms with Crippen LogP contribution in [-0.4, -0.2) is 52.7 Å². The molecular formula is C25H30N4O. The number of allylic oxidation sites excluding steroid dienone is 1. The third-order valence-electron chi connectivity index (χ3n) is 6.15. The molecule has 5 nitrogen and oxygen atoms in total. The van der Waals surface area contributed by atoms with Crippen LogP contribution in [0.15, 0.2) is 55.1 Å². The maximum Gasteiger partial charge on any atom is 0.274 e. The van der Waals surface area contributed by atoms with Gasteiger partial charge in [0.1, 0.15) is 0 Å². The molecule has 1 atom stereocenters. The van der Waals surface area contributed by atoms with Gasteiger partial charge in [-0.2, -0.15) is 5.10 Å². The van der Waals surface area contributed by atoms with Crippen molar-refractivity contribution in [3.05, 3.63) is 77.6 Å². The number of hydrogen-bond acceptors (Lipinski definition) is 3. The minimum Gasteiger partial charge on any atom is -0.343 e. The van der Waals surface area contributed by atoms with Gasteiger partial charge in [0.05, 0.1) is 6.54 Å². The number of likely N-dealkylation sites (N-methyl/N-ethyl adjacent to an activating group) is 1. The van der Waals surface area contributed by atoms with E-state index in [4.69, 9.17) is 0 Å². The summed E-state index contributed by atoms with van der Waals surface area (Å²) in [6, 6.07) is 15.5. The van der Waals surface area contributed by atoms with Crippen LogP contribution in [0.3, 0.4) is 0 Å². The Morgan fingerprint density at radius 3 is 2.73 bits per heavy atom. The number of amides is 1. The summed E-state index contributed by atoms with van der Waals surface area (Å²) in [5, 5.41) is 7.24. The Kier molecular flexibility index (Phi) is 5.73. The second-order valence-corrected chi connectivity index (χ2v) is 8.39. The highest BCUT2D eigenvalue weighted by molar-refractivity contribution is 5.93. The minimum atomic E-state index is -0.0218. The van der Waals surface area contributed by atoms with Crippen LogP contribution in [-0.2, 0) is 25.9 Å². The summed E-state index contributed by atoms with van der Waals surface area (Å²) in [6.07, 6.45) is 4.69. The molecule has 0 aliphatic heterocycles. The molecule has 30 heavy (non-hydrogen) atoms. The molecule has 0 bridgehead atoms. The van der Waals surface area contributed by atoms with Crippen molar-refractivity contribution in [1.82, 2.24) is 19.6 Å². The number of carbonyl (C=O) groups is 1. The molecule has 1 aliphatic carbocycles. The third kappa shape index (κ3) is 3.77. The lowest BCUT2D eigenvalue weighted by Gasteiger charge is -2.32. The molecule has 1 aromatic heterocycles. The molecule has 3 aromatic rings. The Hall–Kier alpha value is -2.92.